The van der Waals surface area contributed by atoms with Crippen molar-refractivity contribution < 1.29 is 9.84 Å². The third kappa shape index (κ3) is 4.07. The van der Waals surface area contributed by atoms with E-state index in [1.54, 1.807) is 12.3 Å². The van der Waals surface area contributed by atoms with Crippen molar-refractivity contribution in [1.29, 1.82) is 5.26 Å². The number of hydrogen-bond acceptors (Lipinski definition) is 4. The van der Waals surface area contributed by atoms with Crippen LogP contribution in [0.15, 0.2) is 36.5 Å². The minimum atomic E-state index is -0.152. The summed E-state index contributed by atoms with van der Waals surface area (Å²) < 4.78 is 5.75. The Balaban J connectivity index is 2.08. The number of benzene rings is 1. The van der Waals surface area contributed by atoms with E-state index in [4.69, 9.17) is 15.1 Å². The van der Waals surface area contributed by atoms with Crippen LogP contribution in [0.5, 0.6) is 5.75 Å². The minimum Gasteiger partial charge on any atom is -0.489 e. The number of aliphatic hydroxyl groups is 1. The zero-order chi connectivity index (χ0) is 15.1. The van der Waals surface area contributed by atoms with Crippen molar-refractivity contribution in [2.45, 2.75) is 13.5 Å². The summed E-state index contributed by atoms with van der Waals surface area (Å²) in [6.07, 6.45) is 1.59. The van der Waals surface area contributed by atoms with Gasteiger partial charge < -0.3 is 9.84 Å². The first-order valence-electron chi connectivity index (χ1n) is 6.41. The van der Waals surface area contributed by atoms with Crippen LogP contribution in [0.3, 0.4) is 0 Å². The molecule has 1 aromatic heterocycles. The molecular weight excluding hydrogens is 264 g/mol. The van der Waals surface area contributed by atoms with Crippen LogP contribution in [0.25, 0.3) is 0 Å². The molecule has 0 aliphatic carbocycles. The molecular formula is C17H14N2O2. The zero-order valence-corrected chi connectivity index (χ0v) is 11.6. The van der Waals surface area contributed by atoms with Gasteiger partial charge in [-0.05, 0) is 48.4 Å². The number of ether oxygens (including phenoxy) is 1. The maximum absolute atomic E-state index is 8.81. The van der Waals surface area contributed by atoms with E-state index in [1.165, 1.54) is 0 Å². The lowest BCUT2D eigenvalue weighted by atomic mass is 10.1. The van der Waals surface area contributed by atoms with E-state index in [0.717, 1.165) is 22.4 Å². The van der Waals surface area contributed by atoms with Crippen molar-refractivity contribution in [3.05, 3.63) is 58.9 Å². The first-order chi connectivity index (χ1) is 10.2. The Bertz CT molecular complexity index is 736. The van der Waals surface area contributed by atoms with Crippen LogP contribution < -0.4 is 4.74 Å². The fourth-order valence-corrected chi connectivity index (χ4v) is 1.82. The first kappa shape index (κ1) is 14.6. The second-order valence-electron chi connectivity index (χ2n) is 4.39. The van der Waals surface area contributed by atoms with Crippen molar-refractivity contribution >= 4 is 0 Å². The SMILES string of the molecule is Cc1cc(C#CCO)ccc1OCc1ccnc(C#N)c1. The zero-order valence-electron chi connectivity index (χ0n) is 11.6. The van der Waals surface area contributed by atoms with Gasteiger partial charge in [0.1, 0.15) is 30.7 Å². The van der Waals surface area contributed by atoms with Crippen molar-refractivity contribution in [3.8, 4) is 23.7 Å². The molecule has 0 atom stereocenters. The summed E-state index contributed by atoms with van der Waals surface area (Å²) in [6, 6.07) is 11.1. The van der Waals surface area contributed by atoms with Gasteiger partial charge in [0.15, 0.2) is 0 Å². The number of pyridine rings is 1. The molecule has 0 amide bonds. The molecule has 2 aromatic rings. The maximum Gasteiger partial charge on any atom is 0.140 e. The molecule has 4 heteroatoms. The Morgan fingerprint density at radius 3 is 2.86 bits per heavy atom. The largest absolute Gasteiger partial charge is 0.489 e. The molecule has 104 valence electrons. The van der Waals surface area contributed by atoms with Crippen molar-refractivity contribution in [3.63, 3.8) is 0 Å². The van der Waals surface area contributed by atoms with Gasteiger partial charge in [-0.3, -0.25) is 0 Å². The number of aryl methyl sites for hydroxylation is 1. The van der Waals surface area contributed by atoms with Gasteiger partial charge in [-0.1, -0.05) is 11.8 Å². The second kappa shape index (κ2) is 7.09. The first-order valence-corrected chi connectivity index (χ1v) is 6.41. The van der Waals surface area contributed by atoms with Gasteiger partial charge in [-0.25, -0.2) is 4.98 Å². The highest BCUT2D eigenvalue weighted by Gasteiger charge is 2.02. The molecule has 0 aliphatic heterocycles. The lowest BCUT2D eigenvalue weighted by Crippen LogP contribution is -1.98. The van der Waals surface area contributed by atoms with Crippen LogP contribution in [0.1, 0.15) is 22.4 Å². The van der Waals surface area contributed by atoms with Gasteiger partial charge in [0, 0.05) is 11.8 Å². The van der Waals surface area contributed by atoms with Crippen molar-refractivity contribution in [2.24, 2.45) is 0 Å². The monoisotopic (exact) mass is 278 g/mol. The van der Waals surface area contributed by atoms with E-state index in [1.807, 2.05) is 37.3 Å². The smallest absolute Gasteiger partial charge is 0.140 e. The van der Waals surface area contributed by atoms with Crippen LogP contribution in [0.4, 0.5) is 0 Å². The topological polar surface area (TPSA) is 66.1 Å². The van der Waals surface area contributed by atoms with Crippen LogP contribution in [-0.2, 0) is 6.61 Å². The normalized spacial score (nSPS) is 9.38. The molecule has 0 unspecified atom stereocenters. The summed E-state index contributed by atoms with van der Waals surface area (Å²) in [4.78, 5) is 3.92. The molecule has 0 bridgehead atoms. The average Bonchev–Trinajstić information content (AvgIpc) is 2.52. The van der Waals surface area contributed by atoms with Crippen LogP contribution >= 0.6 is 0 Å². The number of hydrogen-bond donors (Lipinski definition) is 1. The number of aliphatic hydroxyl groups excluding tert-OH is 1. The highest BCUT2D eigenvalue weighted by molar-refractivity contribution is 5.43. The Morgan fingerprint density at radius 1 is 1.29 bits per heavy atom. The van der Waals surface area contributed by atoms with E-state index in [2.05, 4.69) is 16.8 Å². The van der Waals surface area contributed by atoms with E-state index < -0.39 is 0 Å². The van der Waals surface area contributed by atoms with Crippen molar-refractivity contribution in [2.75, 3.05) is 6.61 Å². The van der Waals surface area contributed by atoms with Gasteiger partial charge in [0.2, 0.25) is 0 Å². The summed E-state index contributed by atoms with van der Waals surface area (Å²) in [5.74, 6) is 6.22. The lowest BCUT2D eigenvalue weighted by Gasteiger charge is -2.09. The summed E-state index contributed by atoms with van der Waals surface area (Å²) in [5, 5.41) is 17.5. The molecule has 0 radical (unpaired) electrons. The third-order valence-corrected chi connectivity index (χ3v) is 2.82. The number of nitrogens with zero attached hydrogens (tertiary/aromatic N) is 2. The van der Waals surface area contributed by atoms with E-state index in [-0.39, 0.29) is 6.61 Å². The molecule has 1 aromatic carbocycles. The Morgan fingerprint density at radius 2 is 2.14 bits per heavy atom. The van der Waals surface area contributed by atoms with Gasteiger partial charge in [0.25, 0.3) is 0 Å². The molecule has 1 N–H and O–H groups in total. The van der Waals surface area contributed by atoms with Gasteiger partial charge >= 0.3 is 0 Å². The number of rotatable bonds is 3. The molecule has 0 saturated carbocycles. The maximum atomic E-state index is 8.81. The molecule has 0 spiro atoms. The Labute approximate surface area is 123 Å². The predicted octanol–water partition coefficient (Wildman–Crippen LogP) is 2.18. The fourth-order valence-electron chi connectivity index (χ4n) is 1.82. The summed E-state index contributed by atoms with van der Waals surface area (Å²) >= 11 is 0. The second-order valence-corrected chi connectivity index (χ2v) is 4.39. The number of aromatic nitrogens is 1. The van der Waals surface area contributed by atoms with E-state index in [9.17, 15) is 0 Å². The summed E-state index contributed by atoms with van der Waals surface area (Å²) in [6.45, 7) is 2.16. The number of nitriles is 1. The van der Waals surface area contributed by atoms with Gasteiger partial charge in [-0.15, -0.1) is 0 Å². The van der Waals surface area contributed by atoms with Crippen LogP contribution in [0, 0.1) is 30.1 Å². The highest BCUT2D eigenvalue weighted by atomic mass is 16.5. The average molecular weight is 278 g/mol. The highest BCUT2D eigenvalue weighted by Crippen LogP contribution is 2.20. The molecule has 2 rings (SSSR count). The van der Waals surface area contributed by atoms with Crippen molar-refractivity contribution in [1.82, 2.24) is 4.98 Å². The van der Waals surface area contributed by atoms with E-state index in [0.29, 0.717) is 12.3 Å². The molecule has 21 heavy (non-hydrogen) atoms. The molecule has 1 heterocycles. The fraction of sp³-hybridized carbons (Fsp3) is 0.176. The predicted molar refractivity (Wildman–Crippen MR) is 78.4 cm³/mol. The minimum absolute atomic E-state index is 0.152. The third-order valence-electron chi connectivity index (χ3n) is 2.82. The summed E-state index contributed by atoms with van der Waals surface area (Å²) in [5.41, 5.74) is 3.08. The van der Waals surface area contributed by atoms with Gasteiger partial charge in [0.05, 0.1) is 0 Å². The quantitative estimate of drug-likeness (QED) is 0.874. The summed E-state index contributed by atoms with van der Waals surface area (Å²) in [7, 11) is 0. The Kier molecular flexibility index (Phi) is 4.93. The standard InChI is InChI=1S/C17H14N2O2/c1-13-9-14(3-2-8-20)4-5-17(13)21-12-15-6-7-19-16(10-15)11-18/h4-7,9-10,20H,8,12H2,1H3. The van der Waals surface area contributed by atoms with Gasteiger partial charge in [-0.2, -0.15) is 5.26 Å². The van der Waals surface area contributed by atoms with Crippen LogP contribution in [-0.4, -0.2) is 16.7 Å². The molecule has 0 saturated heterocycles. The Hall–Kier alpha value is -2.82. The molecule has 4 nitrogen and oxygen atoms in total. The lowest BCUT2D eigenvalue weighted by molar-refractivity contribution is 0.304. The van der Waals surface area contributed by atoms with Crippen LogP contribution in [0.2, 0.25) is 0 Å². The molecule has 0 fully saturated rings. The van der Waals surface area contributed by atoms with E-state index >= 15 is 0 Å². The molecule has 0 aliphatic rings.